The van der Waals surface area contributed by atoms with Gasteiger partial charge in [-0.3, -0.25) is 0 Å². The highest BCUT2D eigenvalue weighted by Gasteiger charge is 2.39. The molecular formula is C14H16BrF4N. The first-order valence-electron chi connectivity index (χ1n) is 6.54. The number of halogens is 5. The zero-order valence-electron chi connectivity index (χ0n) is 11.0. The number of hydrogen-bond donors (Lipinski definition) is 1. The van der Waals surface area contributed by atoms with Crippen molar-refractivity contribution < 1.29 is 17.6 Å². The van der Waals surface area contributed by atoms with Crippen LogP contribution < -0.4 is 5.32 Å². The van der Waals surface area contributed by atoms with Gasteiger partial charge in [0.2, 0.25) is 5.92 Å². The standard InChI is InChI=1S/C14H16BrF4N/c1-20-13(8-4-6-14(18,19)7-5-8)11-10(16)3-2-9(15)12(11)17/h2-3,8,13,20H,4-7H2,1H3. The lowest BCUT2D eigenvalue weighted by Gasteiger charge is -2.34. The monoisotopic (exact) mass is 353 g/mol. The number of rotatable bonds is 3. The Morgan fingerprint density at radius 2 is 1.85 bits per heavy atom. The van der Waals surface area contributed by atoms with Gasteiger partial charge in [0, 0.05) is 24.4 Å². The molecule has 112 valence electrons. The first-order valence-corrected chi connectivity index (χ1v) is 7.33. The van der Waals surface area contributed by atoms with Crippen LogP contribution in [-0.4, -0.2) is 13.0 Å². The predicted molar refractivity (Wildman–Crippen MR) is 72.8 cm³/mol. The zero-order valence-corrected chi connectivity index (χ0v) is 12.6. The molecule has 0 radical (unpaired) electrons. The normalized spacial score (nSPS) is 20.9. The van der Waals surface area contributed by atoms with Gasteiger partial charge in [0.15, 0.2) is 0 Å². The third kappa shape index (κ3) is 3.17. The van der Waals surface area contributed by atoms with E-state index in [1.165, 1.54) is 12.1 Å². The molecule has 20 heavy (non-hydrogen) atoms. The second-order valence-electron chi connectivity index (χ2n) is 5.22. The van der Waals surface area contributed by atoms with Crippen molar-refractivity contribution in [2.24, 2.45) is 5.92 Å². The number of hydrogen-bond acceptors (Lipinski definition) is 1. The van der Waals surface area contributed by atoms with E-state index in [0.29, 0.717) is 0 Å². The molecule has 0 saturated heterocycles. The van der Waals surface area contributed by atoms with Gasteiger partial charge >= 0.3 is 0 Å². The number of nitrogens with one attached hydrogen (secondary N) is 1. The highest BCUT2D eigenvalue weighted by Crippen LogP contribution is 2.42. The fourth-order valence-corrected chi connectivity index (χ4v) is 3.19. The van der Waals surface area contributed by atoms with Crippen LogP contribution in [0.3, 0.4) is 0 Å². The summed E-state index contributed by atoms with van der Waals surface area (Å²) in [6, 6.07) is 1.89. The first kappa shape index (κ1) is 15.8. The molecule has 0 spiro atoms. The lowest BCUT2D eigenvalue weighted by molar-refractivity contribution is -0.0497. The SMILES string of the molecule is CNC(c1c(F)ccc(Br)c1F)C1CCC(F)(F)CC1. The molecular weight excluding hydrogens is 338 g/mol. The quantitative estimate of drug-likeness (QED) is 0.607. The highest BCUT2D eigenvalue weighted by atomic mass is 79.9. The van der Waals surface area contributed by atoms with Crippen molar-refractivity contribution in [1.82, 2.24) is 5.32 Å². The van der Waals surface area contributed by atoms with E-state index < -0.39 is 23.6 Å². The summed E-state index contributed by atoms with van der Waals surface area (Å²) in [5, 5.41) is 2.88. The Bertz CT molecular complexity index is 482. The maximum absolute atomic E-state index is 14.1. The van der Waals surface area contributed by atoms with Crippen molar-refractivity contribution in [1.29, 1.82) is 0 Å². The molecule has 6 heteroatoms. The molecule has 1 atom stereocenters. The summed E-state index contributed by atoms with van der Waals surface area (Å²) in [6.45, 7) is 0. The number of alkyl halides is 2. The minimum Gasteiger partial charge on any atom is -0.313 e. The van der Waals surface area contributed by atoms with Gasteiger partial charge in [-0.1, -0.05) is 0 Å². The molecule has 1 saturated carbocycles. The molecule has 1 N–H and O–H groups in total. The van der Waals surface area contributed by atoms with Gasteiger partial charge in [-0.2, -0.15) is 0 Å². The lowest BCUT2D eigenvalue weighted by Crippen LogP contribution is -2.33. The molecule has 1 unspecified atom stereocenters. The molecule has 2 rings (SSSR count). The van der Waals surface area contributed by atoms with Crippen LogP contribution in [0.15, 0.2) is 16.6 Å². The van der Waals surface area contributed by atoms with E-state index >= 15 is 0 Å². The molecule has 1 aromatic carbocycles. The van der Waals surface area contributed by atoms with E-state index in [9.17, 15) is 17.6 Å². The minimum atomic E-state index is -2.65. The Labute approximate surface area is 123 Å². The third-order valence-corrected chi connectivity index (χ3v) is 4.55. The maximum Gasteiger partial charge on any atom is 0.248 e. The van der Waals surface area contributed by atoms with Crippen LogP contribution in [0.2, 0.25) is 0 Å². The minimum absolute atomic E-state index is 0.0721. The van der Waals surface area contributed by atoms with E-state index in [1.807, 2.05) is 0 Å². The van der Waals surface area contributed by atoms with Gasteiger partial charge in [-0.05, 0) is 53.9 Å². The molecule has 0 aromatic heterocycles. The molecule has 1 nitrogen and oxygen atoms in total. The van der Waals surface area contributed by atoms with E-state index in [0.717, 1.165) is 0 Å². The van der Waals surface area contributed by atoms with Crippen LogP contribution in [0, 0.1) is 17.6 Å². The van der Waals surface area contributed by atoms with Crippen LogP contribution in [0.5, 0.6) is 0 Å². The van der Waals surface area contributed by atoms with Crippen molar-refractivity contribution in [2.75, 3.05) is 7.05 Å². The van der Waals surface area contributed by atoms with Crippen molar-refractivity contribution in [3.8, 4) is 0 Å². The van der Waals surface area contributed by atoms with Gasteiger partial charge in [0.1, 0.15) is 11.6 Å². The average molecular weight is 354 g/mol. The first-order chi connectivity index (χ1) is 9.35. The molecule has 1 aromatic rings. The van der Waals surface area contributed by atoms with Crippen LogP contribution >= 0.6 is 15.9 Å². The maximum atomic E-state index is 14.1. The summed E-state index contributed by atoms with van der Waals surface area (Å²) in [4.78, 5) is 0. The van der Waals surface area contributed by atoms with Gasteiger partial charge < -0.3 is 5.32 Å². The fourth-order valence-electron chi connectivity index (χ4n) is 2.84. The number of benzene rings is 1. The Kier molecular flexibility index (Phi) is 4.74. The summed E-state index contributed by atoms with van der Waals surface area (Å²) >= 11 is 3.03. The summed E-state index contributed by atoms with van der Waals surface area (Å²) in [5.74, 6) is -4.16. The largest absolute Gasteiger partial charge is 0.313 e. The Morgan fingerprint density at radius 3 is 2.40 bits per heavy atom. The summed E-state index contributed by atoms with van der Waals surface area (Å²) in [5.41, 5.74) is -0.0721. The Hall–Kier alpha value is -0.620. The molecule has 0 bridgehead atoms. The predicted octanol–water partition coefficient (Wildman–Crippen LogP) is 4.81. The highest BCUT2D eigenvalue weighted by molar-refractivity contribution is 9.10. The summed E-state index contributed by atoms with van der Waals surface area (Å²) in [7, 11) is 1.59. The van der Waals surface area contributed by atoms with Crippen molar-refractivity contribution in [3.05, 3.63) is 33.8 Å². The van der Waals surface area contributed by atoms with E-state index in [1.54, 1.807) is 7.05 Å². The smallest absolute Gasteiger partial charge is 0.248 e. The Morgan fingerprint density at radius 1 is 1.25 bits per heavy atom. The van der Waals surface area contributed by atoms with Crippen molar-refractivity contribution in [2.45, 2.75) is 37.6 Å². The summed E-state index contributed by atoms with van der Waals surface area (Å²) in [6.07, 6.45) is 0.0496. The molecule has 0 aliphatic heterocycles. The fraction of sp³-hybridized carbons (Fsp3) is 0.571. The van der Waals surface area contributed by atoms with Crippen LogP contribution in [0.25, 0.3) is 0 Å². The third-order valence-electron chi connectivity index (χ3n) is 3.93. The second kappa shape index (κ2) is 6.02. The van der Waals surface area contributed by atoms with E-state index in [2.05, 4.69) is 21.2 Å². The van der Waals surface area contributed by atoms with Crippen LogP contribution in [-0.2, 0) is 0 Å². The summed E-state index contributed by atoms with van der Waals surface area (Å²) < 4.78 is 54.6. The lowest BCUT2D eigenvalue weighted by atomic mass is 9.79. The van der Waals surface area contributed by atoms with E-state index in [-0.39, 0.29) is 41.6 Å². The zero-order chi connectivity index (χ0) is 14.9. The van der Waals surface area contributed by atoms with Gasteiger partial charge in [0.05, 0.1) is 4.47 Å². The molecule has 1 aliphatic carbocycles. The molecule has 1 fully saturated rings. The topological polar surface area (TPSA) is 12.0 Å². The van der Waals surface area contributed by atoms with E-state index in [4.69, 9.17) is 0 Å². The average Bonchev–Trinajstić information content (AvgIpc) is 2.40. The van der Waals surface area contributed by atoms with Gasteiger partial charge in [-0.25, -0.2) is 17.6 Å². The Balaban J connectivity index is 2.28. The van der Waals surface area contributed by atoms with Gasteiger partial charge in [0.25, 0.3) is 0 Å². The molecule has 0 heterocycles. The van der Waals surface area contributed by atoms with Crippen molar-refractivity contribution >= 4 is 15.9 Å². The molecule has 1 aliphatic rings. The van der Waals surface area contributed by atoms with Crippen LogP contribution in [0.1, 0.15) is 37.3 Å². The van der Waals surface area contributed by atoms with Crippen LogP contribution in [0.4, 0.5) is 17.6 Å². The second-order valence-corrected chi connectivity index (χ2v) is 6.07. The van der Waals surface area contributed by atoms with Gasteiger partial charge in [-0.15, -0.1) is 0 Å². The molecule has 0 amide bonds. The van der Waals surface area contributed by atoms with Crippen molar-refractivity contribution in [3.63, 3.8) is 0 Å².